The Hall–Kier alpha value is -1.79. The molecule has 2 aromatic heterocycles. The summed E-state index contributed by atoms with van der Waals surface area (Å²) >= 11 is 1.74. The number of hydrogen-bond donors (Lipinski definition) is 1. The van der Waals surface area contributed by atoms with Crippen LogP contribution in [0.2, 0.25) is 0 Å². The van der Waals surface area contributed by atoms with E-state index in [-0.39, 0.29) is 0 Å². The van der Waals surface area contributed by atoms with Gasteiger partial charge in [-0.15, -0.1) is 0 Å². The van der Waals surface area contributed by atoms with Crippen LogP contribution in [0.3, 0.4) is 0 Å². The quantitative estimate of drug-likeness (QED) is 0.716. The topological polar surface area (TPSA) is 55.7 Å². The first-order valence-corrected chi connectivity index (χ1v) is 9.41. The monoisotopic (exact) mass is 342 g/mol. The van der Waals surface area contributed by atoms with Crippen molar-refractivity contribution in [3.05, 3.63) is 41.5 Å². The molecular formula is C18H22N4OS. The molecule has 1 fully saturated rings. The molecule has 0 unspecified atom stereocenters. The number of hydrogen-bond acceptors (Lipinski definition) is 4. The van der Waals surface area contributed by atoms with Gasteiger partial charge >= 0.3 is 0 Å². The number of thioether (sulfide) groups is 1. The van der Waals surface area contributed by atoms with Crippen LogP contribution in [0.1, 0.15) is 30.1 Å². The number of H-pyrrole nitrogens is 1. The molecule has 1 atom stereocenters. The van der Waals surface area contributed by atoms with Crippen molar-refractivity contribution in [2.45, 2.75) is 50.2 Å². The number of aromatic nitrogens is 4. The molecule has 1 aromatic carbocycles. The first-order valence-electron chi connectivity index (χ1n) is 8.42. The largest absolute Gasteiger partial charge is 0.376 e. The molecule has 1 aliphatic rings. The molecule has 0 amide bonds. The van der Waals surface area contributed by atoms with Gasteiger partial charge in [-0.25, -0.2) is 9.97 Å². The molecule has 0 radical (unpaired) electrons. The predicted octanol–water partition coefficient (Wildman–Crippen LogP) is 3.85. The van der Waals surface area contributed by atoms with E-state index in [0.717, 1.165) is 53.0 Å². The number of imidazole rings is 2. The van der Waals surface area contributed by atoms with Crippen LogP contribution in [0.15, 0.2) is 29.4 Å². The lowest BCUT2D eigenvalue weighted by molar-refractivity contribution is 0.0945. The molecule has 5 nitrogen and oxygen atoms in total. The van der Waals surface area contributed by atoms with E-state index in [0.29, 0.717) is 6.10 Å². The van der Waals surface area contributed by atoms with Crippen molar-refractivity contribution < 1.29 is 4.74 Å². The van der Waals surface area contributed by atoms with Crippen molar-refractivity contribution in [1.82, 2.24) is 19.5 Å². The normalized spacial score (nSPS) is 17.8. The highest BCUT2D eigenvalue weighted by atomic mass is 32.2. The van der Waals surface area contributed by atoms with Gasteiger partial charge < -0.3 is 14.3 Å². The number of aryl methyl sites for hydroxylation is 1. The lowest BCUT2D eigenvalue weighted by atomic mass is 10.2. The SMILES string of the molecule is Cc1nc(SCc2nc3ccccc3[nH]2)n(C[C@@H]2CCCO2)c1C. The highest BCUT2D eigenvalue weighted by molar-refractivity contribution is 7.98. The Labute approximate surface area is 145 Å². The summed E-state index contributed by atoms with van der Waals surface area (Å²) < 4.78 is 8.11. The number of fused-ring (bicyclic) bond motifs is 1. The Bertz CT molecular complexity index is 815. The second-order valence-corrected chi connectivity index (χ2v) is 7.24. The molecule has 1 saturated heterocycles. The average Bonchev–Trinajstić information content (AvgIpc) is 3.29. The fourth-order valence-electron chi connectivity index (χ4n) is 3.15. The highest BCUT2D eigenvalue weighted by Crippen LogP contribution is 2.26. The maximum atomic E-state index is 5.80. The number of ether oxygens (including phenoxy) is 1. The molecule has 0 aliphatic carbocycles. The number of rotatable bonds is 5. The molecule has 0 bridgehead atoms. The molecule has 0 saturated carbocycles. The van der Waals surface area contributed by atoms with Gasteiger partial charge in [-0.3, -0.25) is 0 Å². The minimum atomic E-state index is 0.322. The molecular weight excluding hydrogens is 320 g/mol. The summed E-state index contributed by atoms with van der Waals surface area (Å²) in [6.07, 6.45) is 2.63. The Kier molecular flexibility index (Phi) is 4.33. The van der Waals surface area contributed by atoms with Gasteiger partial charge in [0.15, 0.2) is 5.16 Å². The molecule has 4 rings (SSSR count). The lowest BCUT2D eigenvalue weighted by Crippen LogP contribution is -2.16. The van der Waals surface area contributed by atoms with Crippen LogP contribution in [0.4, 0.5) is 0 Å². The predicted molar refractivity (Wildman–Crippen MR) is 96.3 cm³/mol. The van der Waals surface area contributed by atoms with E-state index in [4.69, 9.17) is 9.72 Å². The zero-order chi connectivity index (χ0) is 16.5. The van der Waals surface area contributed by atoms with Crippen LogP contribution in [0.5, 0.6) is 0 Å². The third-order valence-electron chi connectivity index (χ3n) is 4.61. The van der Waals surface area contributed by atoms with E-state index < -0.39 is 0 Å². The molecule has 24 heavy (non-hydrogen) atoms. The summed E-state index contributed by atoms with van der Waals surface area (Å²) in [5.41, 5.74) is 4.43. The fourth-order valence-corrected chi connectivity index (χ4v) is 4.12. The van der Waals surface area contributed by atoms with Crippen LogP contribution in [-0.2, 0) is 17.0 Å². The van der Waals surface area contributed by atoms with Gasteiger partial charge in [-0.05, 0) is 38.8 Å². The summed E-state index contributed by atoms with van der Waals surface area (Å²) in [6, 6.07) is 8.13. The van der Waals surface area contributed by atoms with Gasteiger partial charge in [0.05, 0.1) is 35.1 Å². The molecule has 1 aliphatic heterocycles. The van der Waals surface area contributed by atoms with E-state index in [2.05, 4.69) is 34.4 Å². The van der Waals surface area contributed by atoms with Crippen LogP contribution in [0.25, 0.3) is 11.0 Å². The van der Waals surface area contributed by atoms with E-state index in [1.165, 1.54) is 12.1 Å². The van der Waals surface area contributed by atoms with Crippen molar-refractivity contribution in [1.29, 1.82) is 0 Å². The van der Waals surface area contributed by atoms with Crippen molar-refractivity contribution >= 4 is 22.8 Å². The molecule has 126 valence electrons. The van der Waals surface area contributed by atoms with Gasteiger partial charge in [0.25, 0.3) is 0 Å². The maximum absolute atomic E-state index is 5.80. The number of nitrogens with zero attached hydrogens (tertiary/aromatic N) is 3. The van der Waals surface area contributed by atoms with Gasteiger partial charge in [0.2, 0.25) is 0 Å². The highest BCUT2D eigenvalue weighted by Gasteiger charge is 2.20. The Morgan fingerprint density at radius 2 is 2.17 bits per heavy atom. The lowest BCUT2D eigenvalue weighted by Gasteiger charge is -2.14. The number of aromatic amines is 1. The van der Waals surface area contributed by atoms with Gasteiger partial charge in [0.1, 0.15) is 5.82 Å². The molecule has 6 heteroatoms. The van der Waals surface area contributed by atoms with Crippen molar-refractivity contribution in [3.63, 3.8) is 0 Å². The minimum Gasteiger partial charge on any atom is -0.376 e. The smallest absolute Gasteiger partial charge is 0.168 e. The van der Waals surface area contributed by atoms with E-state index in [9.17, 15) is 0 Å². The van der Waals surface area contributed by atoms with Crippen molar-refractivity contribution in [2.24, 2.45) is 0 Å². The molecule has 3 aromatic rings. The third-order valence-corrected chi connectivity index (χ3v) is 5.60. The first-order chi connectivity index (χ1) is 11.7. The average molecular weight is 342 g/mol. The summed E-state index contributed by atoms with van der Waals surface area (Å²) in [5, 5.41) is 1.06. The Morgan fingerprint density at radius 3 is 2.96 bits per heavy atom. The van der Waals surface area contributed by atoms with Gasteiger partial charge in [-0.2, -0.15) is 0 Å². The number of para-hydroxylation sites is 2. The zero-order valence-electron chi connectivity index (χ0n) is 14.1. The van der Waals surface area contributed by atoms with E-state index in [1.54, 1.807) is 11.8 Å². The van der Waals surface area contributed by atoms with Crippen molar-refractivity contribution in [3.8, 4) is 0 Å². The third kappa shape index (κ3) is 3.08. The first kappa shape index (κ1) is 15.7. The summed E-state index contributed by atoms with van der Waals surface area (Å²) in [6.45, 7) is 6.00. The Balaban J connectivity index is 1.52. The van der Waals surface area contributed by atoms with E-state index in [1.807, 2.05) is 18.2 Å². The zero-order valence-corrected chi connectivity index (χ0v) is 14.9. The van der Waals surface area contributed by atoms with Crippen molar-refractivity contribution in [2.75, 3.05) is 6.61 Å². The van der Waals surface area contributed by atoms with Crippen LogP contribution in [-0.4, -0.2) is 32.2 Å². The number of nitrogens with one attached hydrogen (secondary N) is 1. The second kappa shape index (κ2) is 6.61. The maximum Gasteiger partial charge on any atom is 0.168 e. The van der Waals surface area contributed by atoms with Crippen LogP contribution in [0, 0.1) is 13.8 Å². The fraction of sp³-hybridized carbons (Fsp3) is 0.444. The van der Waals surface area contributed by atoms with E-state index >= 15 is 0 Å². The molecule has 3 heterocycles. The summed E-state index contributed by atoms with van der Waals surface area (Å²) in [5.74, 6) is 1.78. The van der Waals surface area contributed by atoms with Crippen LogP contribution < -0.4 is 0 Å². The van der Waals surface area contributed by atoms with Crippen LogP contribution >= 0.6 is 11.8 Å². The molecule has 0 spiro atoms. The van der Waals surface area contributed by atoms with Gasteiger partial charge in [-0.1, -0.05) is 23.9 Å². The van der Waals surface area contributed by atoms with Gasteiger partial charge in [0, 0.05) is 12.3 Å². The Morgan fingerprint density at radius 1 is 1.29 bits per heavy atom. The summed E-state index contributed by atoms with van der Waals surface area (Å²) in [7, 11) is 0. The minimum absolute atomic E-state index is 0.322. The molecule has 1 N–H and O–H groups in total. The standard InChI is InChI=1S/C18H22N4OS/c1-12-13(2)22(10-14-6-5-9-23-14)18(19-12)24-11-17-20-15-7-3-4-8-16(15)21-17/h3-4,7-8,14H,5-6,9-11H2,1-2H3,(H,20,21)/t14-/m0/s1. The number of benzene rings is 1. The second-order valence-electron chi connectivity index (χ2n) is 6.30. The summed E-state index contributed by atoms with van der Waals surface area (Å²) in [4.78, 5) is 12.8.